The molecule has 25 heavy (non-hydrogen) atoms. The van der Waals surface area contributed by atoms with Gasteiger partial charge in [-0.25, -0.2) is 0 Å². The molecule has 0 saturated heterocycles. The fourth-order valence-corrected chi connectivity index (χ4v) is 2.77. The van der Waals surface area contributed by atoms with Crippen molar-refractivity contribution in [3.8, 4) is 11.5 Å². The van der Waals surface area contributed by atoms with E-state index in [2.05, 4.69) is 19.2 Å². The van der Waals surface area contributed by atoms with Crippen molar-refractivity contribution >= 4 is 35.6 Å². The molecule has 2 aromatic carbocycles. The summed E-state index contributed by atoms with van der Waals surface area (Å²) in [7, 11) is 1.63. The molecule has 0 radical (unpaired) electrons. The van der Waals surface area contributed by atoms with E-state index in [9.17, 15) is 0 Å². The zero-order valence-electron chi connectivity index (χ0n) is 14.6. The second kappa shape index (κ2) is 10.8. The molecule has 2 rings (SSSR count). The molecule has 0 aliphatic heterocycles. The van der Waals surface area contributed by atoms with Gasteiger partial charge >= 0.3 is 0 Å². The van der Waals surface area contributed by atoms with E-state index < -0.39 is 0 Å². The van der Waals surface area contributed by atoms with Crippen LogP contribution < -0.4 is 14.8 Å². The molecular weight excluding hydrogens is 381 g/mol. The maximum atomic E-state index is 6.17. The van der Waals surface area contributed by atoms with Gasteiger partial charge in [0.2, 0.25) is 0 Å². The van der Waals surface area contributed by atoms with Gasteiger partial charge in [0, 0.05) is 22.2 Å². The largest absolute Gasteiger partial charge is 0.493 e. The summed E-state index contributed by atoms with van der Waals surface area (Å²) in [6.07, 6.45) is 0. The van der Waals surface area contributed by atoms with Gasteiger partial charge in [0.1, 0.15) is 6.61 Å². The van der Waals surface area contributed by atoms with Crippen LogP contribution in [0.2, 0.25) is 10.0 Å². The zero-order chi connectivity index (χ0) is 17.5. The van der Waals surface area contributed by atoms with Crippen LogP contribution in [0.15, 0.2) is 36.4 Å². The monoisotopic (exact) mass is 403 g/mol. The van der Waals surface area contributed by atoms with Gasteiger partial charge in [0.15, 0.2) is 11.5 Å². The van der Waals surface area contributed by atoms with E-state index in [1.807, 2.05) is 24.3 Å². The van der Waals surface area contributed by atoms with Crippen molar-refractivity contribution in [2.75, 3.05) is 13.7 Å². The Labute approximate surface area is 166 Å². The van der Waals surface area contributed by atoms with Crippen LogP contribution in [0.3, 0.4) is 0 Å². The number of benzene rings is 2. The van der Waals surface area contributed by atoms with Gasteiger partial charge < -0.3 is 14.8 Å². The Morgan fingerprint density at radius 2 is 1.72 bits per heavy atom. The molecule has 0 spiro atoms. The van der Waals surface area contributed by atoms with E-state index in [0.717, 1.165) is 24.2 Å². The number of halogens is 3. The molecule has 1 N–H and O–H groups in total. The second-order valence-corrected chi connectivity index (χ2v) is 6.81. The quantitative estimate of drug-likeness (QED) is 0.608. The molecule has 6 heteroatoms. The van der Waals surface area contributed by atoms with Crippen LogP contribution in [0.1, 0.15) is 25.0 Å². The van der Waals surface area contributed by atoms with Gasteiger partial charge in [0.05, 0.1) is 7.11 Å². The molecule has 3 nitrogen and oxygen atoms in total. The van der Waals surface area contributed by atoms with E-state index in [-0.39, 0.29) is 12.4 Å². The molecule has 138 valence electrons. The van der Waals surface area contributed by atoms with Crippen LogP contribution in [-0.2, 0) is 13.2 Å². The first-order chi connectivity index (χ1) is 11.5. The topological polar surface area (TPSA) is 30.5 Å². The SMILES string of the molecule is COc1cc(CNCC(C)C)ccc1OCc1c(Cl)cccc1Cl.Cl. The highest BCUT2D eigenvalue weighted by molar-refractivity contribution is 6.35. The highest BCUT2D eigenvalue weighted by Crippen LogP contribution is 2.31. The number of methoxy groups -OCH3 is 1. The summed E-state index contributed by atoms with van der Waals surface area (Å²) in [6, 6.07) is 11.3. The molecular formula is C19H24Cl3NO2. The van der Waals surface area contributed by atoms with E-state index in [1.54, 1.807) is 19.2 Å². The third kappa shape index (κ3) is 6.59. The molecule has 0 heterocycles. The fraction of sp³-hybridized carbons (Fsp3) is 0.368. The second-order valence-electron chi connectivity index (χ2n) is 6.00. The van der Waals surface area contributed by atoms with Crippen molar-refractivity contribution in [3.63, 3.8) is 0 Å². The molecule has 0 unspecified atom stereocenters. The number of hydrogen-bond donors (Lipinski definition) is 1. The highest BCUT2D eigenvalue weighted by Gasteiger charge is 2.10. The minimum absolute atomic E-state index is 0. The summed E-state index contributed by atoms with van der Waals surface area (Å²) in [5.41, 5.74) is 1.92. The van der Waals surface area contributed by atoms with Crippen LogP contribution in [-0.4, -0.2) is 13.7 Å². The van der Waals surface area contributed by atoms with Crippen LogP contribution >= 0.6 is 35.6 Å². The summed E-state index contributed by atoms with van der Waals surface area (Å²) in [6.45, 7) is 6.44. The van der Waals surface area contributed by atoms with Gasteiger partial charge in [0.25, 0.3) is 0 Å². The lowest BCUT2D eigenvalue weighted by Crippen LogP contribution is -2.18. The smallest absolute Gasteiger partial charge is 0.161 e. The van der Waals surface area contributed by atoms with Crippen molar-refractivity contribution < 1.29 is 9.47 Å². The Bertz CT molecular complexity index is 657. The third-order valence-electron chi connectivity index (χ3n) is 3.54. The normalized spacial score (nSPS) is 10.5. The molecule has 0 aliphatic rings. The van der Waals surface area contributed by atoms with E-state index >= 15 is 0 Å². The first-order valence-corrected chi connectivity index (χ1v) is 8.70. The summed E-state index contributed by atoms with van der Waals surface area (Å²) < 4.78 is 11.3. The summed E-state index contributed by atoms with van der Waals surface area (Å²) in [4.78, 5) is 0. The van der Waals surface area contributed by atoms with Gasteiger partial charge in [-0.2, -0.15) is 0 Å². The molecule has 0 atom stereocenters. The van der Waals surface area contributed by atoms with Crippen molar-refractivity contribution in [1.82, 2.24) is 5.32 Å². The average Bonchev–Trinajstić information content (AvgIpc) is 2.54. The first-order valence-electron chi connectivity index (χ1n) is 7.94. The van der Waals surface area contributed by atoms with Gasteiger partial charge in [-0.05, 0) is 42.3 Å². The summed E-state index contributed by atoms with van der Waals surface area (Å²) in [5, 5.41) is 4.60. The Balaban J connectivity index is 0.00000312. The minimum Gasteiger partial charge on any atom is -0.493 e. The average molecular weight is 405 g/mol. The molecule has 2 aromatic rings. The molecule has 0 aliphatic carbocycles. The van der Waals surface area contributed by atoms with E-state index in [4.69, 9.17) is 32.7 Å². The molecule has 0 fully saturated rings. The Hall–Kier alpha value is -1.13. The molecule has 0 aromatic heterocycles. The third-order valence-corrected chi connectivity index (χ3v) is 4.25. The van der Waals surface area contributed by atoms with Crippen LogP contribution in [0, 0.1) is 5.92 Å². The van der Waals surface area contributed by atoms with Crippen molar-refractivity contribution in [2.24, 2.45) is 5.92 Å². The van der Waals surface area contributed by atoms with E-state index in [1.165, 1.54) is 0 Å². The maximum absolute atomic E-state index is 6.17. The summed E-state index contributed by atoms with van der Waals surface area (Å²) in [5.74, 6) is 1.98. The van der Waals surface area contributed by atoms with Crippen molar-refractivity contribution in [1.29, 1.82) is 0 Å². The Morgan fingerprint density at radius 1 is 1.04 bits per heavy atom. The molecule has 0 bridgehead atoms. The Kier molecular flexibility index (Phi) is 9.44. The van der Waals surface area contributed by atoms with E-state index in [0.29, 0.717) is 34.1 Å². The first kappa shape index (κ1) is 21.9. The number of nitrogens with one attached hydrogen (secondary N) is 1. The molecule has 0 amide bonds. The van der Waals surface area contributed by atoms with Crippen LogP contribution in [0.5, 0.6) is 11.5 Å². The van der Waals surface area contributed by atoms with Crippen LogP contribution in [0.25, 0.3) is 0 Å². The van der Waals surface area contributed by atoms with Crippen molar-refractivity contribution in [2.45, 2.75) is 27.0 Å². The highest BCUT2D eigenvalue weighted by atomic mass is 35.5. The minimum atomic E-state index is 0. The predicted octanol–water partition coefficient (Wildman–Crippen LogP) is 5.75. The van der Waals surface area contributed by atoms with Gasteiger partial charge in [-0.15, -0.1) is 12.4 Å². The lowest BCUT2D eigenvalue weighted by atomic mass is 10.1. The lowest BCUT2D eigenvalue weighted by molar-refractivity contribution is 0.284. The Morgan fingerprint density at radius 3 is 2.32 bits per heavy atom. The fourth-order valence-electron chi connectivity index (χ4n) is 2.27. The van der Waals surface area contributed by atoms with Gasteiger partial charge in [-0.1, -0.05) is 49.2 Å². The van der Waals surface area contributed by atoms with Crippen LogP contribution in [0.4, 0.5) is 0 Å². The lowest BCUT2D eigenvalue weighted by Gasteiger charge is -2.14. The zero-order valence-corrected chi connectivity index (χ0v) is 17.0. The number of hydrogen-bond acceptors (Lipinski definition) is 3. The van der Waals surface area contributed by atoms with Crippen molar-refractivity contribution in [3.05, 3.63) is 57.6 Å². The number of ether oxygens (including phenoxy) is 2. The van der Waals surface area contributed by atoms with Gasteiger partial charge in [-0.3, -0.25) is 0 Å². The number of rotatable bonds is 8. The predicted molar refractivity (Wildman–Crippen MR) is 108 cm³/mol. The molecule has 0 saturated carbocycles. The summed E-state index contributed by atoms with van der Waals surface area (Å²) >= 11 is 12.3. The maximum Gasteiger partial charge on any atom is 0.161 e. The standard InChI is InChI=1S/C19H23Cl2NO2.ClH/c1-13(2)10-22-11-14-7-8-18(19(9-14)23-3)24-12-15-16(20)5-4-6-17(15)21;/h4-9,13,22H,10-12H2,1-3H3;1H.